The summed E-state index contributed by atoms with van der Waals surface area (Å²) in [7, 11) is 0. The number of amides is 1. The van der Waals surface area contributed by atoms with E-state index >= 15 is 0 Å². The van der Waals surface area contributed by atoms with Crippen LogP contribution in [0.1, 0.15) is 49.4 Å². The summed E-state index contributed by atoms with van der Waals surface area (Å²) in [6.07, 6.45) is 7.80. The molecular formula is C17H22N2O3. The van der Waals surface area contributed by atoms with Crippen LogP contribution in [0.4, 0.5) is 0 Å². The Morgan fingerprint density at radius 2 is 1.95 bits per heavy atom. The highest BCUT2D eigenvalue weighted by Gasteiger charge is 2.28. The molecule has 0 atom stereocenters. The van der Waals surface area contributed by atoms with Gasteiger partial charge in [0.2, 0.25) is 0 Å². The van der Waals surface area contributed by atoms with Crippen LogP contribution in [0.5, 0.6) is 0 Å². The first-order chi connectivity index (χ1) is 10.6. The van der Waals surface area contributed by atoms with Crippen LogP contribution in [0.25, 0.3) is 10.9 Å². The summed E-state index contributed by atoms with van der Waals surface area (Å²) in [6, 6.07) is 7.80. The van der Waals surface area contributed by atoms with Crippen LogP contribution >= 0.6 is 0 Å². The fraction of sp³-hybridized carbons (Fsp3) is 0.412. The summed E-state index contributed by atoms with van der Waals surface area (Å²) in [4.78, 5) is 23.9. The Kier molecular flexibility index (Phi) is 5.20. The molecule has 22 heavy (non-hydrogen) atoms. The second kappa shape index (κ2) is 7.11. The normalized spacial score (nSPS) is 16.4. The molecule has 0 unspecified atom stereocenters. The summed E-state index contributed by atoms with van der Waals surface area (Å²) in [5, 5.41) is 11.2. The quantitative estimate of drug-likeness (QED) is 0.744. The lowest BCUT2D eigenvalue weighted by atomic mass is 9.83. The van der Waals surface area contributed by atoms with Crippen molar-refractivity contribution in [3.05, 3.63) is 36.0 Å². The second-order valence-electron chi connectivity index (χ2n) is 5.96. The Hall–Kier alpha value is -2.30. The van der Waals surface area contributed by atoms with Gasteiger partial charge in [-0.2, -0.15) is 0 Å². The number of rotatable bonds is 2. The third kappa shape index (κ3) is 3.87. The van der Waals surface area contributed by atoms with Crippen molar-refractivity contribution in [1.82, 2.24) is 10.3 Å². The number of H-pyrrole nitrogens is 1. The van der Waals surface area contributed by atoms with E-state index in [-0.39, 0.29) is 17.9 Å². The molecule has 0 aliphatic heterocycles. The summed E-state index contributed by atoms with van der Waals surface area (Å²) in [5.74, 6) is 0.0486. The van der Waals surface area contributed by atoms with Gasteiger partial charge in [-0.25, -0.2) is 0 Å². The van der Waals surface area contributed by atoms with Crippen molar-refractivity contribution >= 4 is 23.3 Å². The van der Waals surface area contributed by atoms with Crippen LogP contribution < -0.4 is 5.32 Å². The highest BCUT2D eigenvalue weighted by atomic mass is 16.3. The third-order valence-corrected chi connectivity index (χ3v) is 4.19. The van der Waals surface area contributed by atoms with E-state index in [1.165, 1.54) is 19.3 Å². The molecule has 0 radical (unpaired) electrons. The molecule has 1 fully saturated rings. The first kappa shape index (κ1) is 16.1. The van der Waals surface area contributed by atoms with Gasteiger partial charge in [-0.1, -0.05) is 19.3 Å². The zero-order valence-electron chi connectivity index (χ0n) is 12.8. The van der Waals surface area contributed by atoms with Gasteiger partial charge in [0.15, 0.2) is 0 Å². The number of benzene rings is 1. The average Bonchev–Trinajstić information content (AvgIpc) is 2.95. The monoisotopic (exact) mass is 302 g/mol. The molecule has 3 rings (SSSR count). The van der Waals surface area contributed by atoms with E-state index in [0.717, 1.165) is 29.3 Å². The second-order valence-corrected chi connectivity index (χ2v) is 5.96. The van der Waals surface area contributed by atoms with Gasteiger partial charge in [-0.05, 0) is 44.0 Å². The van der Waals surface area contributed by atoms with Crippen LogP contribution in [-0.4, -0.2) is 28.0 Å². The predicted molar refractivity (Wildman–Crippen MR) is 85.9 cm³/mol. The predicted octanol–water partition coefficient (Wildman–Crippen LogP) is 3.32. The Labute approximate surface area is 129 Å². The van der Waals surface area contributed by atoms with Crippen molar-refractivity contribution in [2.75, 3.05) is 0 Å². The van der Waals surface area contributed by atoms with E-state index in [4.69, 9.17) is 9.90 Å². The topological polar surface area (TPSA) is 82.2 Å². The van der Waals surface area contributed by atoms with Crippen molar-refractivity contribution < 1.29 is 14.7 Å². The average molecular weight is 302 g/mol. The van der Waals surface area contributed by atoms with E-state index in [0.29, 0.717) is 0 Å². The smallest absolute Gasteiger partial charge is 0.290 e. The maximum Gasteiger partial charge on any atom is 0.290 e. The Bertz CT molecular complexity index is 642. The van der Waals surface area contributed by atoms with Gasteiger partial charge < -0.3 is 15.4 Å². The van der Waals surface area contributed by atoms with E-state index in [1.54, 1.807) is 0 Å². The number of hydrogen-bond donors (Lipinski definition) is 3. The van der Waals surface area contributed by atoms with Gasteiger partial charge in [-0.3, -0.25) is 9.59 Å². The number of hydrogen-bond acceptors (Lipinski definition) is 2. The van der Waals surface area contributed by atoms with Crippen molar-refractivity contribution in [3.8, 4) is 0 Å². The fourth-order valence-electron chi connectivity index (χ4n) is 3.00. The van der Waals surface area contributed by atoms with Crippen molar-refractivity contribution in [1.29, 1.82) is 0 Å². The van der Waals surface area contributed by atoms with Crippen molar-refractivity contribution in [3.63, 3.8) is 0 Å². The molecule has 1 saturated carbocycles. The summed E-state index contributed by atoms with van der Waals surface area (Å²) < 4.78 is 0. The Morgan fingerprint density at radius 3 is 2.64 bits per heavy atom. The lowest BCUT2D eigenvalue weighted by Crippen LogP contribution is -2.47. The Morgan fingerprint density at radius 1 is 1.27 bits per heavy atom. The van der Waals surface area contributed by atoms with Crippen LogP contribution in [0.2, 0.25) is 0 Å². The number of carbonyl (C=O) groups is 2. The zero-order chi connectivity index (χ0) is 16.0. The van der Waals surface area contributed by atoms with Crippen molar-refractivity contribution in [2.24, 2.45) is 0 Å². The molecule has 0 bridgehead atoms. The van der Waals surface area contributed by atoms with Crippen LogP contribution in [0, 0.1) is 0 Å². The van der Waals surface area contributed by atoms with E-state index in [9.17, 15) is 4.79 Å². The molecule has 5 heteroatoms. The highest BCUT2D eigenvalue weighted by molar-refractivity contribution is 5.98. The maximum atomic E-state index is 12.4. The zero-order valence-corrected chi connectivity index (χ0v) is 12.8. The number of fused-ring (bicyclic) bond motifs is 1. The molecule has 1 heterocycles. The summed E-state index contributed by atoms with van der Waals surface area (Å²) >= 11 is 0. The summed E-state index contributed by atoms with van der Waals surface area (Å²) in [6.45, 7) is 1.92. The van der Waals surface area contributed by atoms with E-state index in [2.05, 4.69) is 17.2 Å². The SMILES string of the molecule is CC1(NC(=O)c2ccc3[nH]ccc3c2)CCCCC1.O=CO. The van der Waals surface area contributed by atoms with Crippen LogP contribution in [0.15, 0.2) is 30.5 Å². The van der Waals surface area contributed by atoms with Gasteiger partial charge in [0.25, 0.3) is 12.4 Å². The fourth-order valence-corrected chi connectivity index (χ4v) is 3.00. The largest absolute Gasteiger partial charge is 0.483 e. The molecule has 118 valence electrons. The van der Waals surface area contributed by atoms with E-state index in [1.807, 2.05) is 30.5 Å². The summed E-state index contributed by atoms with van der Waals surface area (Å²) in [5.41, 5.74) is 1.79. The number of carbonyl (C=O) groups excluding carboxylic acids is 1. The van der Waals surface area contributed by atoms with Crippen LogP contribution in [-0.2, 0) is 4.79 Å². The number of nitrogens with one attached hydrogen (secondary N) is 2. The number of aromatic nitrogens is 1. The van der Waals surface area contributed by atoms with Gasteiger partial charge in [0.1, 0.15) is 0 Å². The Balaban J connectivity index is 0.000000545. The van der Waals surface area contributed by atoms with Gasteiger partial charge in [0.05, 0.1) is 0 Å². The molecule has 1 aliphatic carbocycles. The van der Waals surface area contributed by atoms with Gasteiger partial charge >= 0.3 is 0 Å². The molecule has 1 amide bonds. The van der Waals surface area contributed by atoms with Gasteiger partial charge in [-0.15, -0.1) is 0 Å². The molecule has 3 N–H and O–H groups in total. The maximum absolute atomic E-state index is 12.4. The standard InChI is InChI=1S/C16H20N2O.CH2O2/c1-16(8-3-2-4-9-16)18-15(19)13-5-6-14-12(11-13)7-10-17-14;2-1-3/h5-7,10-11,17H,2-4,8-9H2,1H3,(H,18,19);1H,(H,2,3). The minimum absolute atomic E-state index is 0.0254. The molecule has 0 spiro atoms. The third-order valence-electron chi connectivity index (χ3n) is 4.19. The molecule has 1 aromatic carbocycles. The molecule has 1 aromatic heterocycles. The molecular weight excluding hydrogens is 280 g/mol. The molecule has 0 saturated heterocycles. The minimum Gasteiger partial charge on any atom is -0.483 e. The first-order valence-corrected chi connectivity index (χ1v) is 7.55. The highest BCUT2D eigenvalue weighted by Crippen LogP contribution is 2.28. The molecule has 2 aromatic rings. The lowest BCUT2D eigenvalue weighted by molar-refractivity contribution is -0.122. The molecule has 5 nitrogen and oxygen atoms in total. The molecule has 1 aliphatic rings. The van der Waals surface area contributed by atoms with Crippen LogP contribution in [0.3, 0.4) is 0 Å². The number of aromatic amines is 1. The van der Waals surface area contributed by atoms with Gasteiger partial charge in [0, 0.05) is 28.2 Å². The lowest BCUT2D eigenvalue weighted by Gasteiger charge is -2.34. The first-order valence-electron chi connectivity index (χ1n) is 7.55. The van der Waals surface area contributed by atoms with Crippen molar-refractivity contribution in [2.45, 2.75) is 44.6 Å². The minimum atomic E-state index is -0.250. The number of carboxylic acid groups (broad SMARTS) is 1. The van der Waals surface area contributed by atoms with E-state index < -0.39 is 0 Å².